The van der Waals surface area contributed by atoms with E-state index in [-0.39, 0.29) is 24.4 Å². The van der Waals surface area contributed by atoms with Crippen LogP contribution < -0.4 is 10.6 Å². The van der Waals surface area contributed by atoms with E-state index in [1.807, 2.05) is 20.8 Å². The summed E-state index contributed by atoms with van der Waals surface area (Å²) in [5, 5.41) is 15.1. The minimum atomic E-state index is -0.778. The van der Waals surface area contributed by atoms with Gasteiger partial charge in [-0.05, 0) is 32.6 Å². The van der Waals surface area contributed by atoms with Gasteiger partial charge in [-0.25, -0.2) is 9.78 Å². The number of hydrogen-bond acceptors (Lipinski definition) is 4. The van der Waals surface area contributed by atoms with E-state index >= 15 is 0 Å². The van der Waals surface area contributed by atoms with Gasteiger partial charge in [0.25, 0.3) is 0 Å². The smallest absolute Gasteiger partial charge is 0.315 e. The van der Waals surface area contributed by atoms with Crippen LogP contribution in [0.15, 0.2) is 6.20 Å². The number of carbonyl (C=O) groups excluding carboxylic acids is 1. The lowest BCUT2D eigenvalue weighted by Crippen LogP contribution is -2.37. The van der Waals surface area contributed by atoms with Crippen molar-refractivity contribution in [3.05, 3.63) is 16.1 Å². The molecule has 0 radical (unpaired) electrons. The first-order chi connectivity index (χ1) is 9.88. The Kier molecular flexibility index (Phi) is 7.14. The lowest BCUT2D eigenvalue weighted by atomic mass is 10.0. The van der Waals surface area contributed by atoms with E-state index in [4.69, 9.17) is 5.11 Å². The quantitative estimate of drug-likeness (QED) is 0.688. The van der Waals surface area contributed by atoms with Gasteiger partial charge in [0.1, 0.15) is 5.01 Å². The molecule has 2 unspecified atom stereocenters. The summed E-state index contributed by atoms with van der Waals surface area (Å²) in [4.78, 5) is 27.6. The molecule has 118 valence electrons. The largest absolute Gasteiger partial charge is 0.481 e. The van der Waals surface area contributed by atoms with E-state index in [0.29, 0.717) is 13.0 Å². The number of urea groups is 1. The first-order valence-electron chi connectivity index (χ1n) is 7.07. The number of thiazole rings is 1. The number of aliphatic carboxylic acids is 1. The first kappa shape index (κ1) is 17.4. The predicted molar refractivity (Wildman–Crippen MR) is 82.5 cm³/mol. The molecule has 0 aliphatic rings. The number of amides is 2. The van der Waals surface area contributed by atoms with Crippen molar-refractivity contribution in [2.24, 2.45) is 5.92 Å². The van der Waals surface area contributed by atoms with Gasteiger partial charge in [-0.3, -0.25) is 4.79 Å². The molecule has 1 aromatic heterocycles. The molecule has 0 fully saturated rings. The molecular weight excluding hydrogens is 290 g/mol. The van der Waals surface area contributed by atoms with Crippen LogP contribution >= 0.6 is 11.3 Å². The van der Waals surface area contributed by atoms with Gasteiger partial charge < -0.3 is 15.7 Å². The molecule has 2 amide bonds. The third kappa shape index (κ3) is 7.08. The van der Waals surface area contributed by atoms with Crippen molar-refractivity contribution in [1.82, 2.24) is 15.6 Å². The number of nitrogens with one attached hydrogen (secondary N) is 2. The summed E-state index contributed by atoms with van der Waals surface area (Å²) >= 11 is 1.57. The van der Waals surface area contributed by atoms with E-state index in [2.05, 4.69) is 15.6 Å². The molecule has 0 aliphatic heterocycles. The zero-order chi connectivity index (χ0) is 15.8. The summed E-state index contributed by atoms with van der Waals surface area (Å²) in [6.45, 7) is 6.40. The van der Waals surface area contributed by atoms with E-state index < -0.39 is 5.97 Å². The van der Waals surface area contributed by atoms with Crippen LogP contribution in [0.2, 0.25) is 0 Å². The molecule has 0 saturated heterocycles. The Hall–Kier alpha value is -1.63. The molecule has 21 heavy (non-hydrogen) atoms. The number of carbonyl (C=O) groups is 2. The second kappa shape index (κ2) is 8.61. The standard InChI is InChI=1S/C14H23N3O3S/c1-9(4-5-12(18)19)6-7-15-14(20)17-11(3)13-16-8-10(2)21-13/h8-9,11H,4-7H2,1-3H3,(H,18,19)(H2,15,17,20). The molecule has 0 aliphatic carbocycles. The Morgan fingerprint density at radius 3 is 2.67 bits per heavy atom. The number of carboxylic acids is 1. The van der Waals surface area contributed by atoms with E-state index in [9.17, 15) is 9.59 Å². The SMILES string of the molecule is Cc1cnc(C(C)NC(=O)NCCC(C)CCC(=O)O)s1. The Morgan fingerprint density at radius 1 is 1.38 bits per heavy atom. The van der Waals surface area contributed by atoms with Crippen LogP contribution in [0.25, 0.3) is 0 Å². The maximum absolute atomic E-state index is 11.7. The molecule has 0 bridgehead atoms. The Balaban J connectivity index is 2.20. The van der Waals surface area contributed by atoms with Crippen molar-refractivity contribution in [1.29, 1.82) is 0 Å². The maximum Gasteiger partial charge on any atom is 0.315 e. The van der Waals surface area contributed by atoms with Crippen molar-refractivity contribution in [3.8, 4) is 0 Å². The lowest BCUT2D eigenvalue weighted by Gasteiger charge is -2.14. The van der Waals surface area contributed by atoms with Crippen LogP contribution in [0.5, 0.6) is 0 Å². The van der Waals surface area contributed by atoms with Gasteiger partial charge in [0.2, 0.25) is 0 Å². The zero-order valence-corrected chi connectivity index (χ0v) is 13.5. The zero-order valence-electron chi connectivity index (χ0n) is 12.7. The topological polar surface area (TPSA) is 91.3 Å². The molecule has 0 aromatic carbocycles. The first-order valence-corrected chi connectivity index (χ1v) is 7.88. The molecule has 0 saturated carbocycles. The van der Waals surface area contributed by atoms with Gasteiger partial charge in [0.05, 0.1) is 6.04 Å². The highest BCUT2D eigenvalue weighted by atomic mass is 32.1. The fourth-order valence-corrected chi connectivity index (χ4v) is 2.60. The fraction of sp³-hybridized carbons (Fsp3) is 0.643. The second-order valence-electron chi connectivity index (χ2n) is 5.26. The van der Waals surface area contributed by atoms with Crippen molar-refractivity contribution >= 4 is 23.3 Å². The minimum Gasteiger partial charge on any atom is -0.481 e. The highest BCUT2D eigenvalue weighted by Gasteiger charge is 2.12. The summed E-state index contributed by atoms with van der Waals surface area (Å²) in [6.07, 6.45) is 3.37. The van der Waals surface area contributed by atoms with Crippen LogP contribution in [-0.2, 0) is 4.79 Å². The molecule has 2 atom stereocenters. The number of aromatic nitrogens is 1. The Bertz CT molecular complexity index is 476. The van der Waals surface area contributed by atoms with Crippen LogP contribution in [0.4, 0.5) is 4.79 Å². The minimum absolute atomic E-state index is 0.117. The lowest BCUT2D eigenvalue weighted by molar-refractivity contribution is -0.137. The van der Waals surface area contributed by atoms with Crippen molar-refractivity contribution in [2.75, 3.05) is 6.54 Å². The maximum atomic E-state index is 11.7. The van der Waals surface area contributed by atoms with Crippen LogP contribution in [0, 0.1) is 12.8 Å². The predicted octanol–water partition coefficient (Wildman–Crippen LogP) is 2.70. The normalized spacial score (nSPS) is 13.5. The molecule has 1 rings (SSSR count). The number of carboxylic acid groups (broad SMARTS) is 1. The molecule has 7 heteroatoms. The van der Waals surface area contributed by atoms with Gasteiger partial charge in [-0.1, -0.05) is 6.92 Å². The number of hydrogen-bond donors (Lipinski definition) is 3. The average molecular weight is 313 g/mol. The number of rotatable bonds is 8. The van der Waals surface area contributed by atoms with Crippen molar-refractivity contribution in [2.45, 2.75) is 46.1 Å². The van der Waals surface area contributed by atoms with Crippen LogP contribution in [0.1, 0.15) is 49.0 Å². The van der Waals surface area contributed by atoms with Gasteiger partial charge in [0.15, 0.2) is 0 Å². The third-order valence-electron chi connectivity index (χ3n) is 3.13. The summed E-state index contributed by atoms with van der Waals surface area (Å²) in [6, 6.07) is -0.339. The summed E-state index contributed by atoms with van der Waals surface area (Å²) in [5.74, 6) is -0.499. The number of nitrogens with zero attached hydrogens (tertiary/aromatic N) is 1. The van der Waals surface area contributed by atoms with Crippen LogP contribution in [0.3, 0.4) is 0 Å². The third-order valence-corrected chi connectivity index (χ3v) is 4.23. The average Bonchev–Trinajstić information content (AvgIpc) is 2.83. The Morgan fingerprint density at radius 2 is 2.10 bits per heavy atom. The van der Waals surface area contributed by atoms with Crippen molar-refractivity contribution in [3.63, 3.8) is 0 Å². The Labute approximate surface area is 129 Å². The van der Waals surface area contributed by atoms with E-state index in [1.54, 1.807) is 17.5 Å². The van der Waals surface area contributed by atoms with Gasteiger partial charge in [0, 0.05) is 24.0 Å². The van der Waals surface area contributed by atoms with Crippen molar-refractivity contribution < 1.29 is 14.7 Å². The van der Waals surface area contributed by atoms with Gasteiger partial charge in [-0.15, -0.1) is 11.3 Å². The monoisotopic (exact) mass is 313 g/mol. The highest BCUT2D eigenvalue weighted by molar-refractivity contribution is 7.11. The summed E-state index contributed by atoms with van der Waals surface area (Å²) < 4.78 is 0. The molecule has 3 N–H and O–H groups in total. The molecule has 0 spiro atoms. The van der Waals surface area contributed by atoms with E-state index in [0.717, 1.165) is 16.3 Å². The summed E-state index contributed by atoms with van der Waals surface area (Å²) in [5.41, 5.74) is 0. The second-order valence-corrected chi connectivity index (χ2v) is 6.52. The molecular formula is C14H23N3O3S. The molecule has 6 nitrogen and oxygen atoms in total. The molecule has 1 aromatic rings. The van der Waals surface area contributed by atoms with Gasteiger partial charge in [-0.2, -0.15) is 0 Å². The fourth-order valence-electron chi connectivity index (χ4n) is 1.83. The van der Waals surface area contributed by atoms with Gasteiger partial charge >= 0.3 is 12.0 Å². The molecule has 1 heterocycles. The number of aryl methyl sites for hydroxylation is 1. The van der Waals surface area contributed by atoms with E-state index in [1.165, 1.54) is 0 Å². The van der Waals surface area contributed by atoms with Crippen LogP contribution in [-0.4, -0.2) is 28.6 Å². The summed E-state index contributed by atoms with van der Waals surface area (Å²) in [7, 11) is 0. The highest BCUT2D eigenvalue weighted by Crippen LogP contribution is 2.18.